The first-order valence-corrected chi connectivity index (χ1v) is 6.99. The summed E-state index contributed by atoms with van der Waals surface area (Å²) in [6.07, 6.45) is 2.04. The molecule has 0 spiro atoms. The molecule has 1 heterocycles. The van der Waals surface area contributed by atoms with Gasteiger partial charge in [0.2, 0.25) is 0 Å². The number of esters is 1. The predicted octanol–water partition coefficient (Wildman–Crippen LogP) is 2.20. The lowest BCUT2D eigenvalue weighted by Gasteiger charge is -2.16. The smallest absolute Gasteiger partial charge is 0.307 e. The number of para-hydroxylation sites is 1. The van der Waals surface area contributed by atoms with Gasteiger partial charge in [-0.3, -0.25) is 9.59 Å². The second-order valence-corrected chi connectivity index (χ2v) is 4.95. The summed E-state index contributed by atoms with van der Waals surface area (Å²) in [6.45, 7) is 2.48. The minimum Gasteiger partial charge on any atom is -0.466 e. The first-order chi connectivity index (χ1) is 10.0. The fraction of sp³-hybridized carbons (Fsp3) is 0.375. The SMILES string of the molecule is CCOC(=O)CCN(C)C(=O)c1cn(C)c2ccccc12. The molecule has 0 N–H and O–H groups in total. The lowest BCUT2D eigenvalue weighted by molar-refractivity contribution is -0.143. The monoisotopic (exact) mass is 288 g/mol. The minimum absolute atomic E-state index is 0.0869. The maximum absolute atomic E-state index is 12.5. The fourth-order valence-electron chi connectivity index (χ4n) is 2.31. The van der Waals surface area contributed by atoms with E-state index >= 15 is 0 Å². The van der Waals surface area contributed by atoms with Crippen LogP contribution in [0, 0.1) is 0 Å². The Morgan fingerprint density at radius 2 is 2.00 bits per heavy atom. The van der Waals surface area contributed by atoms with Crippen LogP contribution in [0.4, 0.5) is 0 Å². The highest BCUT2D eigenvalue weighted by molar-refractivity contribution is 6.06. The number of aromatic nitrogens is 1. The highest BCUT2D eigenvalue weighted by Crippen LogP contribution is 2.21. The Bertz CT molecular complexity index is 661. The number of aryl methyl sites for hydroxylation is 1. The van der Waals surface area contributed by atoms with Crippen molar-refractivity contribution in [2.24, 2.45) is 7.05 Å². The number of rotatable bonds is 5. The summed E-state index contributed by atoms with van der Waals surface area (Å²) < 4.78 is 6.80. The summed E-state index contributed by atoms with van der Waals surface area (Å²) in [5.41, 5.74) is 1.67. The van der Waals surface area contributed by atoms with Crippen LogP contribution < -0.4 is 0 Å². The number of hydrogen-bond donors (Lipinski definition) is 0. The summed E-state index contributed by atoms with van der Waals surface area (Å²) in [5, 5.41) is 0.924. The van der Waals surface area contributed by atoms with Crippen molar-refractivity contribution in [1.29, 1.82) is 0 Å². The Morgan fingerprint density at radius 1 is 1.29 bits per heavy atom. The van der Waals surface area contributed by atoms with Gasteiger partial charge < -0.3 is 14.2 Å². The molecule has 1 aromatic heterocycles. The minimum atomic E-state index is -0.282. The van der Waals surface area contributed by atoms with Gasteiger partial charge in [-0.05, 0) is 13.0 Å². The van der Waals surface area contributed by atoms with Gasteiger partial charge in [-0.2, -0.15) is 0 Å². The van der Waals surface area contributed by atoms with Gasteiger partial charge in [-0.25, -0.2) is 0 Å². The van der Waals surface area contributed by atoms with Crippen LogP contribution in [-0.2, 0) is 16.6 Å². The highest BCUT2D eigenvalue weighted by Gasteiger charge is 2.18. The van der Waals surface area contributed by atoms with Gasteiger partial charge in [0, 0.05) is 37.7 Å². The van der Waals surface area contributed by atoms with E-state index in [9.17, 15) is 9.59 Å². The van der Waals surface area contributed by atoms with Crippen LogP contribution in [0.1, 0.15) is 23.7 Å². The number of nitrogens with zero attached hydrogens (tertiary/aromatic N) is 2. The Balaban J connectivity index is 2.13. The summed E-state index contributed by atoms with van der Waals surface area (Å²) in [6, 6.07) is 7.77. The van der Waals surface area contributed by atoms with Gasteiger partial charge >= 0.3 is 5.97 Å². The molecular weight excluding hydrogens is 268 g/mol. The molecule has 0 unspecified atom stereocenters. The molecule has 21 heavy (non-hydrogen) atoms. The Labute approximate surface area is 124 Å². The Kier molecular flexibility index (Phi) is 4.62. The first-order valence-electron chi connectivity index (χ1n) is 6.99. The predicted molar refractivity (Wildman–Crippen MR) is 81.1 cm³/mol. The fourth-order valence-corrected chi connectivity index (χ4v) is 2.31. The van der Waals surface area contributed by atoms with E-state index in [1.807, 2.05) is 42.1 Å². The van der Waals surface area contributed by atoms with Gasteiger partial charge in [0.1, 0.15) is 0 Å². The van der Waals surface area contributed by atoms with Crippen molar-refractivity contribution in [3.05, 3.63) is 36.0 Å². The van der Waals surface area contributed by atoms with E-state index in [0.29, 0.717) is 18.7 Å². The van der Waals surface area contributed by atoms with E-state index in [2.05, 4.69) is 0 Å². The summed E-state index contributed by atoms with van der Waals surface area (Å²) in [4.78, 5) is 25.4. The van der Waals surface area contributed by atoms with E-state index in [0.717, 1.165) is 10.9 Å². The van der Waals surface area contributed by atoms with E-state index < -0.39 is 0 Å². The maximum atomic E-state index is 12.5. The van der Waals surface area contributed by atoms with Gasteiger partial charge in [0.15, 0.2) is 0 Å². The van der Waals surface area contributed by atoms with Crippen LogP contribution in [0.5, 0.6) is 0 Å². The normalized spacial score (nSPS) is 10.6. The Morgan fingerprint density at radius 3 is 2.71 bits per heavy atom. The molecule has 5 heteroatoms. The topological polar surface area (TPSA) is 51.5 Å². The number of fused-ring (bicyclic) bond motifs is 1. The molecule has 5 nitrogen and oxygen atoms in total. The van der Waals surface area contributed by atoms with E-state index in [4.69, 9.17) is 4.74 Å². The molecule has 0 saturated carbocycles. The molecule has 0 aliphatic heterocycles. The largest absolute Gasteiger partial charge is 0.466 e. The molecule has 0 fully saturated rings. The second kappa shape index (κ2) is 6.43. The van der Waals surface area contributed by atoms with Crippen LogP contribution in [0.2, 0.25) is 0 Å². The van der Waals surface area contributed by atoms with Crippen molar-refractivity contribution in [3.8, 4) is 0 Å². The third kappa shape index (κ3) is 3.24. The first kappa shape index (κ1) is 15.1. The molecule has 112 valence electrons. The molecule has 0 aliphatic rings. The molecule has 1 aromatic carbocycles. The number of ether oxygens (including phenoxy) is 1. The Hall–Kier alpha value is -2.30. The number of hydrogen-bond acceptors (Lipinski definition) is 3. The van der Waals surface area contributed by atoms with Crippen molar-refractivity contribution < 1.29 is 14.3 Å². The van der Waals surface area contributed by atoms with E-state index in [-0.39, 0.29) is 18.3 Å². The van der Waals surface area contributed by atoms with E-state index in [1.54, 1.807) is 18.9 Å². The molecule has 0 aliphatic carbocycles. The quantitative estimate of drug-likeness (QED) is 0.793. The average molecular weight is 288 g/mol. The summed E-state index contributed by atoms with van der Waals surface area (Å²) in [7, 11) is 3.61. The van der Waals surface area contributed by atoms with Crippen molar-refractivity contribution in [3.63, 3.8) is 0 Å². The number of benzene rings is 1. The van der Waals surface area contributed by atoms with Crippen molar-refractivity contribution in [1.82, 2.24) is 9.47 Å². The lowest BCUT2D eigenvalue weighted by atomic mass is 10.1. The van der Waals surface area contributed by atoms with Crippen LogP contribution in [0.25, 0.3) is 10.9 Å². The van der Waals surface area contributed by atoms with Gasteiger partial charge in [-0.15, -0.1) is 0 Å². The third-order valence-electron chi connectivity index (χ3n) is 3.43. The molecule has 0 bridgehead atoms. The molecule has 2 aromatic rings. The third-order valence-corrected chi connectivity index (χ3v) is 3.43. The van der Waals surface area contributed by atoms with Crippen LogP contribution in [0.15, 0.2) is 30.5 Å². The second-order valence-electron chi connectivity index (χ2n) is 4.95. The van der Waals surface area contributed by atoms with Gasteiger partial charge in [0.25, 0.3) is 5.91 Å². The zero-order valence-corrected chi connectivity index (χ0v) is 12.6. The van der Waals surface area contributed by atoms with Crippen molar-refractivity contribution in [2.45, 2.75) is 13.3 Å². The summed E-state index contributed by atoms with van der Waals surface area (Å²) in [5.74, 6) is -0.369. The number of carbonyl (C=O) groups is 2. The molecule has 1 amide bonds. The number of carbonyl (C=O) groups excluding carboxylic acids is 2. The molecule has 0 atom stereocenters. The van der Waals surface area contributed by atoms with Crippen molar-refractivity contribution >= 4 is 22.8 Å². The van der Waals surface area contributed by atoms with Gasteiger partial charge in [0.05, 0.1) is 18.6 Å². The highest BCUT2D eigenvalue weighted by atomic mass is 16.5. The molecular formula is C16H20N2O3. The van der Waals surface area contributed by atoms with Gasteiger partial charge in [-0.1, -0.05) is 18.2 Å². The lowest BCUT2D eigenvalue weighted by Crippen LogP contribution is -2.29. The zero-order chi connectivity index (χ0) is 15.4. The number of amides is 1. The van der Waals surface area contributed by atoms with Crippen LogP contribution in [-0.4, -0.2) is 41.5 Å². The van der Waals surface area contributed by atoms with E-state index in [1.165, 1.54) is 0 Å². The molecule has 2 rings (SSSR count). The summed E-state index contributed by atoms with van der Waals surface area (Å²) >= 11 is 0. The zero-order valence-electron chi connectivity index (χ0n) is 12.6. The standard InChI is InChI=1S/C16H20N2O3/c1-4-21-15(19)9-10-17(2)16(20)13-11-18(3)14-8-6-5-7-12(13)14/h5-8,11H,4,9-10H2,1-3H3. The molecule has 0 saturated heterocycles. The molecule has 0 radical (unpaired) electrons. The maximum Gasteiger partial charge on any atom is 0.307 e. The van der Waals surface area contributed by atoms with Crippen LogP contribution >= 0.6 is 0 Å². The van der Waals surface area contributed by atoms with Crippen LogP contribution in [0.3, 0.4) is 0 Å². The average Bonchev–Trinajstić information content (AvgIpc) is 2.82. The van der Waals surface area contributed by atoms with Crippen molar-refractivity contribution in [2.75, 3.05) is 20.2 Å².